The number of nitrogens with zero attached hydrogens (tertiary/aromatic N) is 1. The van der Waals surface area contributed by atoms with E-state index in [1.807, 2.05) is 13.0 Å². The van der Waals surface area contributed by atoms with Crippen LogP contribution in [-0.4, -0.2) is 10.9 Å². The van der Waals surface area contributed by atoms with Gasteiger partial charge in [0.25, 0.3) is 5.91 Å². The topological polar surface area (TPSA) is 68.0 Å². The number of aromatic nitrogens is 1. The number of benzene rings is 1. The molecule has 5 heteroatoms. The van der Waals surface area contributed by atoms with Gasteiger partial charge in [0.15, 0.2) is 0 Å². The molecular weight excluding hydrogens is 294 g/mol. The maximum Gasteiger partial charge on any atom is 0.258 e. The van der Waals surface area contributed by atoms with Gasteiger partial charge < -0.3 is 11.1 Å². The number of carbonyl (C=O) groups excluding carboxylic acids is 1. The van der Waals surface area contributed by atoms with Crippen LogP contribution in [0.5, 0.6) is 0 Å². The standard InChI is InChI=1S/C13H12BrN3O/c1-8-4-5-16-12(6-8)17-13(18)10-7-9(14)2-3-11(10)15/h2-7H,15H2,1H3,(H,16,17,18). The second-order valence-electron chi connectivity index (χ2n) is 3.90. The molecule has 0 aliphatic carbocycles. The maximum atomic E-state index is 12.0. The van der Waals surface area contributed by atoms with Crippen LogP contribution in [0.25, 0.3) is 0 Å². The molecule has 1 heterocycles. The molecule has 0 fully saturated rings. The Morgan fingerprint density at radius 2 is 2.11 bits per heavy atom. The van der Waals surface area contributed by atoms with E-state index in [1.54, 1.807) is 30.5 Å². The third kappa shape index (κ3) is 2.87. The van der Waals surface area contributed by atoms with E-state index in [9.17, 15) is 4.79 Å². The van der Waals surface area contributed by atoms with Crippen molar-refractivity contribution < 1.29 is 4.79 Å². The van der Waals surface area contributed by atoms with Gasteiger partial charge in [-0.1, -0.05) is 15.9 Å². The SMILES string of the molecule is Cc1ccnc(NC(=O)c2cc(Br)ccc2N)c1. The molecule has 0 spiro atoms. The minimum atomic E-state index is -0.271. The molecule has 0 aliphatic rings. The molecule has 2 aromatic rings. The molecule has 1 aromatic heterocycles. The van der Waals surface area contributed by atoms with Gasteiger partial charge in [-0.05, 0) is 42.8 Å². The van der Waals surface area contributed by atoms with Crippen molar-refractivity contribution in [3.8, 4) is 0 Å². The molecule has 0 saturated heterocycles. The Bertz CT molecular complexity index is 599. The van der Waals surface area contributed by atoms with E-state index >= 15 is 0 Å². The van der Waals surface area contributed by atoms with Gasteiger partial charge in [-0.15, -0.1) is 0 Å². The summed E-state index contributed by atoms with van der Waals surface area (Å²) < 4.78 is 0.805. The lowest BCUT2D eigenvalue weighted by atomic mass is 10.1. The van der Waals surface area contributed by atoms with E-state index in [1.165, 1.54) is 0 Å². The van der Waals surface area contributed by atoms with Gasteiger partial charge in [0.05, 0.1) is 5.56 Å². The van der Waals surface area contributed by atoms with E-state index < -0.39 is 0 Å². The molecule has 0 unspecified atom stereocenters. The second-order valence-corrected chi connectivity index (χ2v) is 4.82. The normalized spacial score (nSPS) is 10.1. The Morgan fingerprint density at radius 1 is 1.33 bits per heavy atom. The lowest BCUT2D eigenvalue weighted by Crippen LogP contribution is -2.15. The molecule has 1 amide bonds. The van der Waals surface area contributed by atoms with E-state index in [0.29, 0.717) is 17.1 Å². The van der Waals surface area contributed by atoms with Crippen LogP contribution in [0.4, 0.5) is 11.5 Å². The van der Waals surface area contributed by atoms with Crippen LogP contribution in [0.1, 0.15) is 15.9 Å². The highest BCUT2D eigenvalue weighted by molar-refractivity contribution is 9.10. The molecule has 0 radical (unpaired) electrons. The highest BCUT2D eigenvalue weighted by Gasteiger charge is 2.11. The van der Waals surface area contributed by atoms with Crippen LogP contribution in [-0.2, 0) is 0 Å². The van der Waals surface area contributed by atoms with Crippen LogP contribution in [0.3, 0.4) is 0 Å². The van der Waals surface area contributed by atoms with Crippen molar-refractivity contribution >= 4 is 33.3 Å². The summed E-state index contributed by atoms with van der Waals surface area (Å²) in [6.45, 7) is 1.94. The number of hydrogen-bond acceptors (Lipinski definition) is 3. The summed E-state index contributed by atoms with van der Waals surface area (Å²) in [6.07, 6.45) is 1.65. The van der Waals surface area contributed by atoms with Crippen LogP contribution in [0.2, 0.25) is 0 Å². The summed E-state index contributed by atoms with van der Waals surface area (Å²) in [5, 5.41) is 2.72. The predicted molar refractivity (Wildman–Crippen MR) is 75.5 cm³/mol. The minimum absolute atomic E-state index is 0.271. The predicted octanol–water partition coefficient (Wildman–Crippen LogP) is 2.99. The van der Waals surface area contributed by atoms with Crippen molar-refractivity contribution in [2.24, 2.45) is 0 Å². The number of pyridine rings is 1. The van der Waals surface area contributed by atoms with Gasteiger partial charge in [-0.3, -0.25) is 4.79 Å². The Morgan fingerprint density at radius 3 is 2.83 bits per heavy atom. The number of rotatable bonds is 2. The Labute approximate surface area is 113 Å². The van der Waals surface area contributed by atoms with Crippen LogP contribution >= 0.6 is 15.9 Å². The smallest absolute Gasteiger partial charge is 0.258 e. The van der Waals surface area contributed by atoms with Crippen LogP contribution < -0.4 is 11.1 Å². The number of aryl methyl sites for hydroxylation is 1. The lowest BCUT2D eigenvalue weighted by Gasteiger charge is -2.07. The fraction of sp³-hybridized carbons (Fsp3) is 0.0769. The van der Waals surface area contributed by atoms with Crippen molar-refractivity contribution in [2.45, 2.75) is 6.92 Å². The van der Waals surface area contributed by atoms with E-state index in [-0.39, 0.29) is 5.91 Å². The summed E-state index contributed by atoms with van der Waals surface area (Å²) >= 11 is 3.31. The number of anilines is 2. The largest absolute Gasteiger partial charge is 0.398 e. The molecular formula is C13H12BrN3O. The molecule has 92 valence electrons. The van der Waals surface area contributed by atoms with Gasteiger partial charge in [-0.2, -0.15) is 0 Å². The first-order valence-electron chi connectivity index (χ1n) is 5.35. The maximum absolute atomic E-state index is 12.0. The number of carbonyl (C=O) groups is 1. The first kappa shape index (κ1) is 12.6. The number of hydrogen-bond donors (Lipinski definition) is 2. The number of nitrogen functional groups attached to an aromatic ring is 1. The Balaban J connectivity index is 2.24. The highest BCUT2D eigenvalue weighted by atomic mass is 79.9. The van der Waals surface area contributed by atoms with E-state index in [0.717, 1.165) is 10.0 Å². The van der Waals surface area contributed by atoms with Gasteiger partial charge in [0, 0.05) is 16.4 Å². The second kappa shape index (κ2) is 5.18. The zero-order valence-corrected chi connectivity index (χ0v) is 11.4. The van der Waals surface area contributed by atoms with Crippen molar-refractivity contribution in [1.82, 2.24) is 4.98 Å². The lowest BCUT2D eigenvalue weighted by molar-refractivity contribution is 0.102. The van der Waals surface area contributed by atoms with E-state index in [4.69, 9.17) is 5.73 Å². The van der Waals surface area contributed by atoms with Crippen molar-refractivity contribution in [2.75, 3.05) is 11.1 Å². The average molecular weight is 306 g/mol. The fourth-order valence-corrected chi connectivity index (χ4v) is 1.87. The molecule has 0 bridgehead atoms. The molecule has 3 N–H and O–H groups in total. The first-order valence-corrected chi connectivity index (χ1v) is 6.14. The summed E-state index contributed by atoms with van der Waals surface area (Å²) in [7, 11) is 0. The molecule has 2 rings (SSSR count). The van der Waals surface area contributed by atoms with Crippen LogP contribution in [0.15, 0.2) is 41.0 Å². The van der Waals surface area contributed by atoms with Crippen molar-refractivity contribution in [3.63, 3.8) is 0 Å². The highest BCUT2D eigenvalue weighted by Crippen LogP contribution is 2.19. The average Bonchev–Trinajstić information content (AvgIpc) is 2.32. The number of nitrogens with two attached hydrogens (primary N) is 1. The summed E-state index contributed by atoms with van der Waals surface area (Å²) in [5.41, 5.74) is 7.66. The third-order valence-electron chi connectivity index (χ3n) is 2.42. The molecule has 0 aliphatic heterocycles. The van der Waals surface area contributed by atoms with Gasteiger partial charge >= 0.3 is 0 Å². The molecule has 0 atom stereocenters. The zero-order chi connectivity index (χ0) is 13.1. The van der Waals surface area contributed by atoms with Gasteiger partial charge in [-0.25, -0.2) is 4.98 Å². The first-order chi connectivity index (χ1) is 8.56. The molecule has 1 aromatic carbocycles. The third-order valence-corrected chi connectivity index (χ3v) is 2.91. The van der Waals surface area contributed by atoms with Gasteiger partial charge in [0.2, 0.25) is 0 Å². The van der Waals surface area contributed by atoms with Crippen molar-refractivity contribution in [3.05, 3.63) is 52.1 Å². The Hall–Kier alpha value is -1.88. The quantitative estimate of drug-likeness (QED) is 0.838. The number of amides is 1. The summed E-state index contributed by atoms with van der Waals surface area (Å²) in [6, 6.07) is 8.81. The van der Waals surface area contributed by atoms with Crippen molar-refractivity contribution in [1.29, 1.82) is 0 Å². The van der Waals surface area contributed by atoms with Crippen LogP contribution in [0, 0.1) is 6.92 Å². The Kier molecular flexibility index (Phi) is 3.62. The molecule has 0 saturated carbocycles. The minimum Gasteiger partial charge on any atom is -0.398 e. The van der Waals surface area contributed by atoms with E-state index in [2.05, 4.69) is 26.2 Å². The number of halogens is 1. The van der Waals surface area contributed by atoms with Gasteiger partial charge in [0.1, 0.15) is 5.82 Å². The zero-order valence-electron chi connectivity index (χ0n) is 9.77. The molecule has 4 nitrogen and oxygen atoms in total. The monoisotopic (exact) mass is 305 g/mol. The fourth-order valence-electron chi connectivity index (χ4n) is 1.51. The molecule has 18 heavy (non-hydrogen) atoms. The number of nitrogens with one attached hydrogen (secondary N) is 1. The summed E-state index contributed by atoms with van der Waals surface area (Å²) in [5.74, 6) is 0.242. The summed E-state index contributed by atoms with van der Waals surface area (Å²) in [4.78, 5) is 16.1.